The summed E-state index contributed by atoms with van der Waals surface area (Å²) in [6, 6.07) is 12.3. The number of carbonyl (C=O) groups is 1. The molecule has 0 aliphatic carbocycles. The number of benzene rings is 2. The van der Waals surface area contributed by atoms with E-state index in [2.05, 4.69) is 5.32 Å². The zero-order chi connectivity index (χ0) is 22.3. The Morgan fingerprint density at radius 2 is 1.84 bits per heavy atom. The highest BCUT2D eigenvalue weighted by atomic mass is 35.5. The second-order valence-corrected chi connectivity index (χ2v) is 9.59. The molecule has 0 saturated carbocycles. The zero-order valence-corrected chi connectivity index (χ0v) is 19.0. The Bertz CT molecular complexity index is 989. The lowest BCUT2D eigenvalue weighted by molar-refractivity contribution is -0.121. The number of rotatable bonds is 9. The molecule has 2 aromatic rings. The Kier molecular flexibility index (Phi) is 8.31. The first-order valence-corrected chi connectivity index (χ1v) is 12.0. The molecule has 1 N–H and O–H groups in total. The Labute approximate surface area is 188 Å². The molecule has 2 aromatic carbocycles. The van der Waals surface area contributed by atoms with Gasteiger partial charge in [-0.25, -0.2) is 8.42 Å². The van der Waals surface area contributed by atoms with Gasteiger partial charge in [-0.1, -0.05) is 23.7 Å². The third-order valence-corrected chi connectivity index (χ3v) is 7.28. The topological polar surface area (TPSA) is 84.9 Å². The van der Waals surface area contributed by atoms with E-state index in [1.807, 2.05) is 24.3 Å². The van der Waals surface area contributed by atoms with Gasteiger partial charge in [0, 0.05) is 31.1 Å². The minimum atomic E-state index is -3.61. The van der Waals surface area contributed by atoms with Crippen molar-refractivity contribution in [2.45, 2.75) is 24.2 Å². The van der Waals surface area contributed by atoms with Gasteiger partial charge >= 0.3 is 0 Å². The summed E-state index contributed by atoms with van der Waals surface area (Å²) in [5.74, 6) is 0.465. The van der Waals surface area contributed by atoms with Gasteiger partial charge in [-0.05, 0) is 54.3 Å². The van der Waals surface area contributed by atoms with Crippen molar-refractivity contribution in [3.8, 4) is 5.75 Å². The molecule has 168 valence electrons. The molecule has 1 aliphatic rings. The van der Waals surface area contributed by atoms with E-state index in [9.17, 15) is 13.2 Å². The van der Waals surface area contributed by atoms with E-state index >= 15 is 0 Å². The Morgan fingerprint density at radius 3 is 2.52 bits per heavy atom. The van der Waals surface area contributed by atoms with Crippen LogP contribution in [0, 0.1) is 0 Å². The number of hydrogen-bond acceptors (Lipinski definition) is 5. The molecule has 0 unspecified atom stereocenters. The number of nitrogens with zero attached hydrogens (tertiary/aromatic N) is 1. The summed E-state index contributed by atoms with van der Waals surface area (Å²) in [5.41, 5.74) is 1.78. The van der Waals surface area contributed by atoms with Crippen molar-refractivity contribution >= 4 is 27.5 Å². The Hall–Kier alpha value is -2.13. The van der Waals surface area contributed by atoms with Gasteiger partial charge in [0.25, 0.3) is 0 Å². The maximum atomic E-state index is 12.9. The molecule has 1 amide bonds. The van der Waals surface area contributed by atoms with E-state index in [4.69, 9.17) is 21.1 Å². The molecule has 1 aliphatic heterocycles. The van der Waals surface area contributed by atoms with Crippen LogP contribution in [-0.4, -0.2) is 58.6 Å². The van der Waals surface area contributed by atoms with E-state index in [1.165, 1.54) is 11.4 Å². The highest BCUT2D eigenvalue weighted by Gasteiger charge is 2.27. The quantitative estimate of drug-likeness (QED) is 0.614. The second kappa shape index (κ2) is 10.9. The van der Waals surface area contributed by atoms with Gasteiger partial charge in [0.1, 0.15) is 5.75 Å². The molecule has 1 heterocycles. The molecule has 9 heteroatoms. The minimum absolute atomic E-state index is 0.0996. The smallest absolute Gasteiger partial charge is 0.243 e. The lowest BCUT2D eigenvalue weighted by Crippen LogP contribution is -2.40. The number of amides is 1. The molecule has 0 aromatic heterocycles. The van der Waals surface area contributed by atoms with E-state index in [-0.39, 0.29) is 17.2 Å². The third kappa shape index (κ3) is 6.43. The van der Waals surface area contributed by atoms with Crippen molar-refractivity contribution < 1.29 is 22.7 Å². The number of carbonyl (C=O) groups excluding carboxylic acids is 1. The molecule has 0 radical (unpaired) electrons. The Morgan fingerprint density at radius 1 is 1.13 bits per heavy atom. The SMILES string of the molecule is COc1ccc(S(=O)(=O)N2CCOCC2)cc1CCC(=O)NCCc1ccc(Cl)cc1. The third-order valence-electron chi connectivity index (χ3n) is 5.13. The minimum Gasteiger partial charge on any atom is -0.496 e. The van der Waals surface area contributed by atoms with E-state index in [1.54, 1.807) is 18.2 Å². The van der Waals surface area contributed by atoms with Crippen LogP contribution < -0.4 is 10.1 Å². The molecule has 1 saturated heterocycles. The Balaban J connectivity index is 1.59. The lowest BCUT2D eigenvalue weighted by atomic mass is 10.1. The van der Waals surface area contributed by atoms with Gasteiger partial charge in [-0.2, -0.15) is 4.31 Å². The number of nitrogens with one attached hydrogen (secondary N) is 1. The zero-order valence-electron chi connectivity index (χ0n) is 17.5. The number of morpholine rings is 1. The van der Waals surface area contributed by atoms with Crippen molar-refractivity contribution in [2.24, 2.45) is 0 Å². The van der Waals surface area contributed by atoms with Crippen LogP contribution in [0.5, 0.6) is 5.75 Å². The van der Waals surface area contributed by atoms with Crippen LogP contribution in [0.1, 0.15) is 17.5 Å². The number of aryl methyl sites for hydroxylation is 1. The fourth-order valence-corrected chi connectivity index (χ4v) is 4.97. The monoisotopic (exact) mass is 466 g/mol. The van der Waals surface area contributed by atoms with Crippen LogP contribution >= 0.6 is 11.6 Å². The van der Waals surface area contributed by atoms with Gasteiger partial charge in [0.15, 0.2) is 0 Å². The molecule has 31 heavy (non-hydrogen) atoms. The molecule has 0 bridgehead atoms. The van der Waals surface area contributed by atoms with Crippen molar-refractivity contribution in [1.29, 1.82) is 0 Å². The predicted molar refractivity (Wildman–Crippen MR) is 119 cm³/mol. The van der Waals surface area contributed by atoms with Gasteiger partial charge < -0.3 is 14.8 Å². The first-order valence-electron chi connectivity index (χ1n) is 10.2. The van der Waals surface area contributed by atoms with Crippen LogP contribution in [0.15, 0.2) is 47.4 Å². The number of halogens is 1. The molecule has 0 spiro atoms. The van der Waals surface area contributed by atoms with Crippen LogP contribution in [0.3, 0.4) is 0 Å². The van der Waals surface area contributed by atoms with Gasteiger partial charge in [0.05, 0.1) is 25.2 Å². The van der Waals surface area contributed by atoms with Crippen molar-refractivity contribution in [3.63, 3.8) is 0 Å². The summed E-state index contributed by atoms with van der Waals surface area (Å²) in [7, 11) is -2.08. The predicted octanol–water partition coefficient (Wildman–Crippen LogP) is 2.66. The summed E-state index contributed by atoms with van der Waals surface area (Å²) >= 11 is 5.88. The van der Waals surface area contributed by atoms with E-state index in [0.717, 1.165) is 5.56 Å². The molecular weight excluding hydrogens is 440 g/mol. The largest absolute Gasteiger partial charge is 0.496 e. The summed E-state index contributed by atoms with van der Waals surface area (Å²) in [5, 5.41) is 3.58. The van der Waals surface area contributed by atoms with E-state index < -0.39 is 10.0 Å². The maximum absolute atomic E-state index is 12.9. The first kappa shape index (κ1) is 23.5. The summed E-state index contributed by atoms with van der Waals surface area (Å²) < 4.78 is 37.9. The van der Waals surface area contributed by atoms with Crippen molar-refractivity contribution in [1.82, 2.24) is 9.62 Å². The summed E-state index contributed by atoms with van der Waals surface area (Å²) in [4.78, 5) is 12.5. The number of sulfonamides is 1. The van der Waals surface area contributed by atoms with Crippen LogP contribution in [0.4, 0.5) is 0 Å². The fraction of sp³-hybridized carbons (Fsp3) is 0.409. The van der Waals surface area contributed by atoms with Crippen molar-refractivity contribution in [3.05, 3.63) is 58.6 Å². The average molecular weight is 467 g/mol. The van der Waals surface area contributed by atoms with Crippen LogP contribution in [-0.2, 0) is 32.4 Å². The number of hydrogen-bond donors (Lipinski definition) is 1. The lowest BCUT2D eigenvalue weighted by Gasteiger charge is -2.26. The number of methoxy groups -OCH3 is 1. The second-order valence-electron chi connectivity index (χ2n) is 7.22. The average Bonchev–Trinajstić information content (AvgIpc) is 2.79. The summed E-state index contributed by atoms with van der Waals surface area (Å²) in [6.45, 7) is 1.96. The van der Waals surface area contributed by atoms with Crippen LogP contribution in [0.2, 0.25) is 5.02 Å². The molecule has 3 rings (SSSR count). The highest BCUT2D eigenvalue weighted by Crippen LogP contribution is 2.26. The van der Waals surface area contributed by atoms with E-state index in [0.29, 0.717) is 62.0 Å². The first-order chi connectivity index (χ1) is 14.9. The highest BCUT2D eigenvalue weighted by molar-refractivity contribution is 7.89. The van der Waals surface area contributed by atoms with Gasteiger partial charge in [-0.15, -0.1) is 0 Å². The molecule has 1 fully saturated rings. The van der Waals surface area contributed by atoms with Gasteiger partial charge in [-0.3, -0.25) is 4.79 Å². The standard InChI is InChI=1S/C22H27ClN2O5S/c1-29-21-8-7-20(31(27,28)25-12-14-30-15-13-25)16-18(21)4-9-22(26)24-11-10-17-2-5-19(23)6-3-17/h2-3,5-8,16H,4,9-15H2,1H3,(H,24,26). The number of ether oxygens (including phenoxy) is 2. The fourth-order valence-electron chi connectivity index (χ4n) is 3.38. The maximum Gasteiger partial charge on any atom is 0.243 e. The van der Waals surface area contributed by atoms with Crippen molar-refractivity contribution in [2.75, 3.05) is 40.0 Å². The normalized spacial score (nSPS) is 14.9. The van der Waals surface area contributed by atoms with Crippen LogP contribution in [0.25, 0.3) is 0 Å². The molecular formula is C22H27ClN2O5S. The van der Waals surface area contributed by atoms with Gasteiger partial charge in [0.2, 0.25) is 15.9 Å². The summed E-state index contributed by atoms with van der Waals surface area (Å²) in [6.07, 6.45) is 1.32. The molecule has 0 atom stereocenters. The molecule has 7 nitrogen and oxygen atoms in total.